The molecule has 1 amide bonds. The van der Waals surface area contributed by atoms with E-state index in [0.29, 0.717) is 15.1 Å². The van der Waals surface area contributed by atoms with Gasteiger partial charge in [-0.1, -0.05) is 63.9 Å². The Bertz CT molecular complexity index is 724. The van der Waals surface area contributed by atoms with Gasteiger partial charge >= 0.3 is 12.1 Å². The second kappa shape index (κ2) is 8.70. The van der Waals surface area contributed by atoms with E-state index in [1.54, 1.807) is 18.2 Å². The lowest BCUT2D eigenvalue weighted by atomic mass is 10.0. The summed E-state index contributed by atoms with van der Waals surface area (Å²) in [6, 6.07) is 13.4. The molecule has 0 radical (unpaired) electrons. The van der Waals surface area contributed by atoms with Crippen molar-refractivity contribution in [2.45, 2.75) is 19.1 Å². The number of carboxylic acid groups (broad SMARTS) is 1. The molecular formula is C17H15BrClNO4. The molecule has 0 bridgehead atoms. The maximum Gasteiger partial charge on any atom is 0.407 e. The van der Waals surface area contributed by atoms with Crippen LogP contribution in [0, 0.1) is 0 Å². The summed E-state index contributed by atoms with van der Waals surface area (Å²) in [5, 5.41) is 12.2. The predicted molar refractivity (Wildman–Crippen MR) is 93.9 cm³/mol. The Morgan fingerprint density at radius 1 is 1.21 bits per heavy atom. The highest BCUT2D eigenvalue weighted by Gasteiger charge is 2.21. The van der Waals surface area contributed by atoms with E-state index in [0.717, 1.165) is 5.56 Å². The number of nitrogens with one attached hydrogen (secondary N) is 1. The first-order valence-corrected chi connectivity index (χ1v) is 8.27. The molecule has 7 heteroatoms. The van der Waals surface area contributed by atoms with Gasteiger partial charge in [0.1, 0.15) is 6.61 Å². The van der Waals surface area contributed by atoms with Crippen molar-refractivity contribution < 1.29 is 19.4 Å². The number of carbonyl (C=O) groups is 2. The lowest BCUT2D eigenvalue weighted by Gasteiger charge is -2.19. The standard InChI is InChI=1S/C17H15BrClNO4/c18-14-8-12(19)6-7-13(14)15(9-16(21)22)20-17(23)24-10-11-4-2-1-3-5-11/h1-8,15H,9-10H2,(H,20,23)(H,21,22)/t15-/m0/s1. The molecule has 0 spiro atoms. The summed E-state index contributed by atoms with van der Waals surface area (Å²) in [6.07, 6.45) is -0.965. The van der Waals surface area contributed by atoms with Gasteiger partial charge in [-0.05, 0) is 23.3 Å². The number of alkyl carbamates (subject to hydrolysis) is 1. The highest BCUT2D eigenvalue weighted by atomic mass is 79.9. The van der Waals surface area contributed by atoms with Crippen LogP contribution in [-0.4, -0.2) is 17.2 Å². The molecule has 2 N–H and O–H groups in total. The third-order valence-electron chi connectivity index (χ3n) is 3.22. The fraction of sp³-hybridized carbons (Fsp3) is 0.176. The number of rotatable bonds is 6. The number of aliphatic carboxylic acids is 1. The minimum absolute atomic E-state index is 0.105. The van der Waals surface area contributed by atoms with Crippen molar-refractivity contribution in [3.05, 3.63) is 69.2 Å². The zero-order valence-electron chi connectivity index (χ0n) is 12.5. The molecule has 2 rings (SSSR count). The van der Waals surface area contributed by atoms with Crippen molar-refractivity contribution in [2.24, 2.45) is 0 Å². The normalized spacial score (nSPS) is 11.6. The molecule has 0 saturated heterocycles. The van der Waals surface area contributed by atoms with E-state index in [1.807, 2.05) is 30.3 Å². The van der Waals surface area contributed by atoms with Gasteiger partial charge in [-0.3, -0.25) is 4.79 Å². The van der Waals surface area contributed by atoms with Gasteiger partial charge in [-0.15, -0.1) is 0 Å². The van der Waals surface area contributed by atoms with E-state index in [-0.39, 0.29) is 13.0 Å². The summed E-state index contributed by atoms with van der Waals surface area (Å²) in [5.74, 6) is -1.04. The molecule has 0 aliphatic carbocycles. The van der Waals surface area contributed by atoms with Gasteiger partial charge in [-0.2, -0.15) is 0 Å². The molecule has 5 nitrogen and oxygen atoms in total. The third-order valence-corrected chi connectivity index (χ3v) is 4.14. The number of halogens is 2. The fourth-order valence-electron chi connectivity index (χ4n) is 2.10. The molecule has 0 fully saturated rings. The van der Waals surface area contributed by atoms with E-state index in [1.165, 1.54) is 0 Å². The predicted octanol–water partition coefficient (Wildman–Crippen LogP) is 4.54. The number of hydrogen-bond donors (Lipinski definition) is 2. The smallest absolute Gasteiger partial charge is 0.407 e. The summed E-state index contributed by atoms with van der Waals surface area (Å²) in [5.41, 5.74) is 1.45. The number of hydrogen-bond acceptors (Lipinski definition) is 3. The monoisotopic (exact) mass is 411 g/mol. The molecule has 2 aromatic carbocycles. The van der Waals surface area contributed by atoms with E-state index in [9.17, 15) is 9.59 Å². The van der Waals surface area contributed by atoms with Crippen molar-refractivity contribution in [2.75, 3.05) is 0 Å². The Labute approximate surface area is 152 Å². The highest BCUT2D eigenvalue weighted by Crippen LogP contribution is 2.28. The minimum atomic E-state index is -1.04. The lowest BCUT2D eigenvalue weighted by Crippen LogP contribution is -2.30. The van der Waals surface area contributed by atoms with Crippen molar-refractivity contribution in [1.82, 2.24) is 5.32 Å². The number of carboxylic acids is 1. The summed E-state index contributed by atoms with van der Waals surface area (Å²) in [7, 11) is 0. The second-order valence-electron chi connectivity index (χ2n) is 5.02. The Hall–Kier alpha value is -2.05. The topological polar surface area (TPSA) is 75.6 Å². The van der Waals surface area contributed by atoms with Crippen LogP contribution in [0.4, 0.5) is 4.79 Å². The second-order valence-corrected chi connectivity index (χ2v) is 6.31. The SMILES string of the molecule is O=C(O)C[C@H](NC(=O)OCc1ccccc1)c1ccc(Cl)cc1Br. The molecule has 0 unspecified atom stereocenters. The Kier molecular flexibility index (Phi) is 6.63. The van der Waals surface area contributed by atoms with Crippen molar-refractivity contribution >= 4 is 39.6 Å². The molecule has 0 heterocycles. The van der Waals surface area contributed by atoms with Crippen molar-refractivity contribution in [3.63, 3.8) is 0 Å². The van der Waals surface area contributed by atoms with E-state index < -0.39 is 18.1 Å². The van der Waals surface area contributed by atoms with Gasteiger partial charge in [0.15, 0.2) is 0 Å². The van der Waals surface area contributed by atoms with Gasteiger partial charge in [0.25, 0.3) is 0 Å². The third kappa shape index (κ3) is 5.54. The molecule has 0 saturated carbocycles. The molecule has 126 valence electrons. The highest BCUT2D eigenvalue weighted by molar-refractivity contribution is 9.10. The van der Waals surface area contributed by atoms with E-state index in [2.05, 4.69) is 21.2 Å². The van der Waals surface area contributed by atoms with Crippen LogP contribution in [0.15, 0.2) is 53.0 Å². The summed E-state index contributed by atoms with van der Waals surface area (Å²) < 4.78 is 5.76. The molecular weight excluding hydrogens is 398 g/mol. The minimum Gasteiger partial charge on any atom is -0.481 e. The van der Waals surface area contributed by atoms with E-state index >= 15 is 0 Å². The first kappa shape index (κ1) is 18.3. The molecule has 0 aromatic heterocycles. The van der Waals surface area contributed by atoms with Gasteiger partial charge in [0, 0.05) is 9.50 Å². The number of ether oxygens (including phenoxy) is 1. The quantitative estimate of drug-likeness (QED) is 0.730. The molecule has 24 heavy (non-hydrogen) atoms. The van der Waals surface area contributed by atoms with Crippen LogP contribution < -0.4 is 5.32 Å². The zero-order valence-corrected chi connectivity index (χ0v) is 14.9. The molecule has 0 aliphatic heterocycles. The molecule has 1 atom stereocenters. The van der Waals surface area contributed by atoms with Crippen molar-refractivity contribution in [3.8, 4) is 0 Å². The molecule has 2 aromatic rings. The van der Waals surface area contributed by atoms with Gasteiger partial charge < -0.3 is 15.2 Å². The van der Waals surface area contributed by atoms with Crippen LogP contribution in [0.1, 0.15) is 23.6 Å². The Balaban J connectivity index is 2.05. The number of carbonyl (C=O) groups excluding carboxylic acids is 1. The zero-order chi connectivity index (χ0) is 17.5. The van der Waals surface area contributed by atoms with Crippen LogP contribution in [0.2, 0.25) is 5.02 Å². The average molecular weight is 413 g/mol. The van der Waals surface area contributed by atoms with Gasteiger partial charge in [0.05, 0.1) is 12.5 Å². The maximum atomic E-state index is 12.0. The average Bonchev–Trinajstić information content (AvgIpc) is 2.53. The number of amides is 1. The summed E-state index contributed by atoms with van der Waals surface area (Å²) >= 11 is 9.23. The first-order chi connectivity index (χ1) is 11.5. The maximum absolute atomic E-state index is 12.0. The lowest BCUT2D eigenvalue weighted by molar-refractivity contribution is -0.137. The first-order valence-electron chi connectivity index (χ1n) is 7.09. The van der Waals surface area contributed by atoms with Crippen LogP contribution in [0.3, 0.4) is 0 Å². The van der Waals surface area contributed by atoms with Crippen molar-refractivity contribution in [1.29, 1.82) is 0 Å². The van der Waals surface area contributed by atoms with Crippen LogP contribution in [-0.2, 0) is 16.1 Å². The fourth-order valence-corrected chi connectivity index (χ4v) is 3.06. The summed E-state index contributed by atoms with van der Waals surface area (Å²) in [6.45, 7) is 0.105. The van der Waals surface area contributed by atoms with Crippen LogP contribution in [0.5, 0.6) is 0 Å². The Morgan fingerprint density at radius 3 is 2.54 bits per heavy atom. The van der Waals surface area contributed by atoms with Gasteiger partial charge in [-0.25, -0.2) is 4.79 Å². The molecule has 0 aliphatic rings. The van der Waals surface area contributed by atoms with Crippen LogP contribution in [0.25, 0.3) is 0 Å². The number of benzene rings is 2. The van der Waals surface area contributed by atoms with E-state index in [4.69, 9.17) is 21.4 Å². The van der Waals surface area contributed by atoms with Crippen LogP contribution >= 0.6 is 27.5 Å². The van der Waals surface area contributed by atoms with Gasteiger partial charge in [0.2, 0.25) is 0 Å². The largest absolute Gasteiger partial charge is 0.481 e. The Morgan fingerprint density at radius 2 is 1.92 bits per heavy atom. The summed E-state index contributed by atoms with van der Waals surface area (Å²) in [4.78, 5) is 23.1.